The summed E-state index contributed by atoms with van der Waals surface area (Å²) in [5.41, 5.74) is 12.0. The van der Waals surface area contributed by atoms with Gasteiger partial charge in [0.25, 0.3) is 0 Å². The average molecular weight is 381 g/mol. The zero-order chi connectivity index (χ0) is 19.9. The minimum Gasteiger partial charge on any atom is -0.494 e. The van der Waals surface area contributed by atoms with Crippen molar-refractivity contribution in [1.29, 1.82) is 0 Å². The van der Waals surface area contributed by atoms with Gasteiger partial charge in [-0.1, -0.05) is 0 Å². The van der Waals surface area contributed by atoms with Crippen LogP contribution in [0.1, 0.15) is 23.1 Å². The summed E-state index contributed by atoms with van der Waals surface area (Å²) in [5.74, 6) is 0.578. The fourth-order valence-corrected chi connectivity index (χ4v) is 2.34. The summed E-state index contributed by atoms with van der Waals surface area (Å²) < 4.78 is 10.7. The van der Waals surface area contributed by atoms with E-state index in [0.717, 1.165) is 11.4 Å². The van der Waals surface area contributed by atoms with Crippen molar-refractivity contribution in [3.05, 3.63) is 54.0 Å². The van der Waals surface area contributed by atoms with Crippen LogP contribution in [-0.2, 0) is 11.3 Å². The number of esters is 1. The maximum absolute atomic E-state index is 12.5. The molecule has 3 aromatic rings. The van der Waals surface area contributed by atoms with E-state index in [0.29, 0.717) is 12.4 Å². The summed E-state index contributed by atoms with van der Waals surface area (Å²) in [7, 11) is 0. The molecule has 1 aromatic carbocycles. The van der Waals surface area contributed by atoms with Crippen LogP contribution in [0.25, 0.3) is 0 Å². The van der Waals surface area contributed by atoms with Crippen LogP contribution in [0, 0.1) is 0 Å². The van der Waals surface area contributed by atoms with E-state index < -0.39 is 5.97 Å². The van der Waals surface area contributed by atoms with Crippen molar-refractivity contribution < 1.29 is 14.3 Å². The van der Waals surface area contributed by atoms with Crippen molar-refractivity contribution in [3.63, 3.8) is 0 Å². The molecule has 10 heteroatoms. The second kappa shape index (κ2) is 8.62. The third-order valence-electron chi connectivity index (χ3n) is 3.50. The van der Waals surface area contributed by atoms with Gasteiger partial charge in [0, 0.05) is 11.9 Å². The highest BCUT2D eigenvalue weighted by Gasteiger charge is 2.15. The second-order valence-corrected chi connectivity index (χ2v) is 5.53. The van der Waals surface area contributed by atoms with Gasteiger partial charge >= 0.3 is 5.97 Å². The standard InChI is InChI=1S/C18H19N7O3/c1-2-27-12-7-5-11(6-8-12)22-15-13(4-3-9-21-15)16(26)28-10-14-23-17(19)25-18(20)24-14/h3-9H,2,10H2,1H3,(H,21,22)(H4,19,20,23,24,25). The molecule has 10 nitrogen and oxygen atoms in total. The van der Waals surface area contributed by atoms with Crippen LogP contribution < -0.4 is 21.5 Å². The summed E-state index contributed by atoms with van der Waals surface area (Å²) in [5, 5.41) is 3.09. The number of pyridine rings is 1. The Morgan fingerprint density at radius 1 is 1.07 bits per heavy atom. The van der Waals surface area contributed by atoms with Crippen LogP contribution in [0.2, 0.25) is 0 Å². The Morgan fingerprint density at radius 3 is 2.46 bits per heavy atom. The van der Waals surface area contributed by atoms with Gasteiger partial charge in [-0.3, -0.25) is 0 Å². The molecule has 2 heterocycles. The minimum absolute atomic E-state index is 0.0437. The maximum Gasteiger partial charge on any atom is 0.342 e. The predicted molar refractivity (Wildman–Crippen MR) is 103 cm³/mol. The number of aromatic nitrogens is 4. The van der Waals surface area contributed by atoms with Crippen molar-refractivity contribution in [3.8, 4) is 5.75 Å². The first kappa shape index (κ1) is 18.8. The Morgan fingerprint density at radius 2 is 1.79 bits per heavy atom. The number of nitrogens with one attached hydrogen (secondary N) is 1. The molecule has 5 N–H and O–H groups in total. The van der Waals surface area contributed by atoms with Crippen LogP contribution in [0.5, 0.6) is 5.75 Å². The van der Waals surface area contributed by atoms with E-state index in [4.69, 9.17) is 20.9 Å². The lowest BCUT2D eigenvalue weighted by Crippen LogP contribution is -2.12. The van der Waals surface area contributed by atoms with Crippen LogP contribution in [-0.4, -0.2) is 32.5 Å². The first-order chi connectivity index (χ1) is 13.5. The summed E-state index contributed by atoms with van der Waals surface area (Å²) in [6.07, 6.45) is 1.57. The predicted octanol–water partition coefficient (Wildman–Crippen LogP) is 1.93. The summed E-state index contributed by atoms with van der Waals surface area (Å²) in [6.45, 7) is 2.30. The number of hydrogen-bond acceptors (Lipinski definition) is 10. The van der Waals surface area contributed by atoms with Crippen molar-refractivity contribution >= 4 is 29.4 Å². The Bertz CT molecular complexity index is 943. The molecule has 0 saturated carbocycles. The van der Waals surface area contributed by atoms with Crippen molar-refractivity contribution in [2.24, 2.45) is 0 Å². The molecule has 0 aliphatic carbocycles. The van der Waals surface area contributed by atoms with Gasteiger partial charge in [-0.05, 0) is 43.3 Å². The third-order valence-corrected chi connectivity index (χ3v) is 3.50. The first-order valence-corrected chi connectivity index (χ1v) is 8.43. The Hall–Kier alpha value is -3.95. The summed E-state index contributed by atoms with van der Waals surface area (Å²) >= 11 is 0. The number of carbonyl (C=O) groups is 1. The Balaban J connectivity index is 1.71. The largest absolute Gasteiger partial charge is 0.494 e. The quantitative estimate of drug-likeness (QED) is 0.518. The number of carbonyl (C=O) groups excluding carboxylic acids is 1. The number of nitrogen functional groups attached to an aromatic ring is 2. The first-order valence-electron chi connectivity index (χ1n) is 8.43. The SMILES string of the molecule is CCOc1ccc(Nc2ncccc2C(=O)OCc2nc(N)nc(N)n2)cc1. The molecule has 0 aliphatic rings. The molecule has 0 spiro atoms. The molecule has 28 heavy (non-hydrogen) atoms. The van der Waals surface area contributed by atoms with E-state index >= 15 is 0 Å². The molecule has 0 fully saturated rings. The van der Waals surface area contributed by atoms with Crippen LogP contribution in [0.4, 0.5) is 23.4 Å². The minimum atomic E-state index is -0.598. The van der Waals surface area contributed by atoms with Crippen LogP contribution in [0.15, 0.2) is 42.6 Å². The lowest BCUT2D eigenvalue weighted by atomic mass is 10.2. The van der Waals surface area contributed by atoms with Gasteiger partial charge in [0.2, 0.25) is 11.9 Å². The second-order valence-electron chi connectivity index (χ2n) is 5.53. The number of anilines is 4. The van der Waals surface area contributed by atoms with Gasteiger partial charge in [-0.2, -0.15) is 15.0 Å². The van der Waals surface area contributed by atoms with E-state index in [-0.39, 0.29) is 29.9 Å². The smallest absolute Gasteiger partial charge is 0.342 e. The summed E-state index contributed by atoms with van der Waals surface area (Å²) in [4.78, 5) is 28.1. The molecule has 0 saturated heterocycles. The maximum atomic E-state index is 12.5. The van der Waals surface area contributed by atoms with Crippen molar-refractivity contribution in [2.45, 2.75) is 13.5 Å². The normalized spacial score (nSPS) is 10.3. The fraction of sp³-hybridized carbons (Fsp3) is 0.167. The lowest BCUT2D eigenvalue weighted by Gasteiger charge is -2.11. The van der Waals surface area contributed by atoms with E-state index in [1.165, 1.54) is 0 Å². The molecule has 0 bridgehead atoms. The van der Waals surface area contributed by atoms with Gasteiger partial charge in [-0.15, -0.1) is 0 Å². The van der Waals surface area contributed by atoms with E-state index in [9.17, 15) is 4.79 Å². The highest BCUT2D eigenvalue weighted by Crippen LogP contribution is 2.22. The van der Waals surface area contributed by atoms with E-state index in [1.807, 2.05) is 31.2 Å². The van der Waals surface area contributed by atoms with Crippen molar-refractivity contribution in [2.75, 3.05) is 23.4 Å². The average Bonchev–Trinajstić information content (AvgIpc) is 2.67. The van der Waals surface area contributed by atoms with Gasteiger partial charge in [-0.25, -0.2) is 9.78 Å². The Kier molecular flexibility index (Phi) is 5.80. The molecular formula is C18H19N7O3. The highest BCUT2D eigenvalue weighted by molar-refractivity contribution is 5.95. The topological polar surface area (TPSA) is 151 Å². The monoisotopic (exact) mass is 381 g/mol. The molecular weight excluding hydrogens is 362 g/mol. The van der Waals surface area contributed by atoms with Gasteiger partial charge < -0.3 is 26.3 Å². The van der Waals surface area contributed by atoms with E-state index in [2.05, 4.69) is 25.3 Å². The zero-order valence-electron chi connectivity index (χ0n) is 15.1. The van der Waals surface area contributed by atoms with Gasteiger partial charge in [0.05, 0.1) is 6.61 Å². The molecule has 0 radical (unpaired) electrons. The number of hydrogen-bond donors (Lipinski definition) is 3. The lowest BCUT2D eigenvalue weighted by molar-refractivity contribution is 0.0463. The number of nitrogens with zero attached hydrogens (tertiary/aromatic N) is 4. The van der Waals surface area contributed by atoms with Gasteiger partial charge in [0.15, 0.2) is 12.4 Å². The number of nitrogens with two attached hydrogens (primary N) is 2. The molecule has 0 atom stereocenters. The zero-order valence-corrected chi connectivity index (χ0v) is 15.1. The molecule has 0 unspecified atom stereocenters. The number of rotatable bonds is 7. The summed E-state index contributed by atoms with van der Waals surface area (Å²) in [6, 6.07) is 10.5. The molecule has 2 aromatic heterocycles. The van der Waals surface area contributed by atoms with E-state index in [1.54, 1.807) is 18.3 Å². The third kappa shape index (κ3) is 4.81. The van der Waals surface area contributed by atoms with Crippen LogP contribution in [0.3, 0.4) is 0 Å². The molecule has 0 amide bonds. The fourth-order valence-electron chi connectivity index (χ4n) is 2.34. The highest BCUT2D eigenvalue weighted by atomic mass is 16.5. The number of benzene rings is 1. The number of ether oxygens (including phenoxy) is 2. The van der Waals surface area contributed by atoms with Crippen LogP contribution >= 0.6 is 0 Å². The molecule has 0 aliphatic heterocycles. The van der Waals surface area contributed by atoms with Gasteiger partial charge in [0.1, 0.15) is 17.1 Å². The molecule has 144 valence electrons. The Labute approximate surface area is 161 Å². The van der Waals surface area contributed by atoms with Crippen molar-refractivity contribution in [1.82, 2.24) is 19.9 Å². The molecule has 3 rings (SSSR count).